The molecule has 0 spiro atoms. The van der Waals surface area contributed by atoms with Crippen molar-refractivity contribution in [2.24, 2.45) is 5.41 Å². The second kappa shape index (κ2) is 14.0. The fourth-order valence-corrected chi connectivity index (χ4v) is 3.37. The molecule has 9 heteroatoms. The first kappa shape index (κ1) is 30.0. The number of carbonyl (C=O) groups excluding carboxylic acids is 3. The van der Waals surface area contributed by atoms with Gasteiger partial charge in [0.25, 0.3) is 0 Å². The average molecular weight is 548 g/mol. The zero-order valence-corrected chi connectivity index (χ0v) is 23.6. The van der Waals surface area contributed by atoms with Crippen LogP contribution in [0.1, 0.15) is 51.3 Å². The Hall–Kier alpha value is -4.53. The lowest BCUT2D eigenvalue weighted by Gasteiger charge is -2.16. The fraction of sp³-hybridized carbons (Fsp3) is 0.323. The van der Waals surface area contributed by atoms with Crippen LogP contribution < -0.4 is 16.0 Å². The van der Waals surface area contributed by atoms with Crippen LogP contribution in [0.5, 0.6) is 0 Å². The summed E-state index contributed by atoms with van der Waals surface area (Å²) in [6.45, 7) is 9.89. The third kappa shape index (κ3) is 10.3. The van der Waals surface area contributed by atoms with E-state index in [9.17, 15) is 14.4 Å². The lowest BCUT2D eigenvalue weighted by Crippen LogP contribution is -2.22. The van der Waals surface area contributed by atoms with Crippen molar-refractivity contribution in [3.05, 3.63) is 89.5 Å². The molecule has 40 heavy (non-hydrogen) atoms. The van der Waals surface area contributed by atoms with Gasteiger partial charge in [-0.1, -0.05) is 36.4 Å². The highest BCUT2D eigenvalue weighted by molar-refractivity contribution is 5.85. The van der Waals surface area contributed by atoms with Crippen molar-refractivity contribution in [1.82, 2.24) is 0 Å². The summed E-state index contributed by atoms with van der Waals surface area (Å²) in [5, 5.41) is 8.65. The highest BCUT2D eigenvalue weighted by Crippen LogP contribution is 2.18. The van der Waals surface area contributed by atoms with Crippen molar-refractivity contribution in [3.63, 3.8) is 0 Å². The number of nitrogens with one attached hydrogen (secondary N) is 3. The standard InChI is InChI=1S/C31H37N3O6/c1-21(2)32-25-12-6-23(7-13-25)19-39-30(37)34-27-16-10-24(11-17-27)20-40-29(36)33-26-14-8-22(9-15-26)18-38-28(35)31(3,4)5/h6-17,21,32H,18-20H2,1-5H3,(H,33,36)(H,34,37). The van der Waals surface area contributed by atoms with Crippen LogP contribution in [0.2, 0.25) is 0 Å². The van der Waals surface area contributed by atoms with Gasteiger partial charge in [-0.3, -0.25) is 15.4 Å². The molecule has 0 aliphatic rings. The monoisotopic (exact) mass is 547 g/mol. The van der Waals surface area contributed by atoms with Crippen LogP contribution in [0.3, 0.4) is 0 Å². The highest BCUT2D eigenvalue weighted by atomic mass is 16.6. The molecule has 3 aromatic rings. The largest absolute Gasteiger partial charge is 0.460 e. The number of benzene rings is 3. The van der Waals surface area contributed by atoms with Gasteiger partial charge in [-0.05, 0) is 87.7 Å². The minimum absolute atomic E-state index is 0.0546. The van der Waals surface area contributed by atoms with E-state index < -0.39 is 17.6 Å². The van der Waals surface area contributed by atoms with E-state index in [1.807, 2.05) is 24.3 Å². The first-order chi connectivity index (χ1) is 19.0. The smallest absolute Gasteiger partial charge is 0.411 e. The molecule has 0 saturated carbocycles. The van der Waals surface area contributed by atoms with Crippen molar-refractivity contribution in [3.8, 4) is 0 Å². The number of ether oxygens (including phenoxy) is 3. The Labute approximate surface area is 235 Å². The molecule has 0 aromatic heterocycles. The fourth-order valence-electron chi connectivity index (χ4n) is 3.37. The highest BCUT2D eigenvalue weighted by Gasteiger charge is 2.22. The Balaban J connectivity index is 1.37. The predicted molar refractivity (Wildman–Crippen MR) is 155 cm³/mol. The Morgan fingerprint density at radius 2 is 0.950 bits per heavy atom. The van der Waals surface area contributed by atoms with Crippen molar-refractivity contribution in [1.29, 1.82) is 0 Å². The first-order valence-corrected chi connectivity index (χ1v) is 13.1. The maximum Gasteiger partial charge on any atom is 0.411 e. The molecule has 3 aromatic carbocycles. The van der Waals surface area contributed by atoms with E-state index in [-0.39, 0.29) is 25.8 Å². The maximum atomic E-state index is 12.2. The predicted octanol–water partition coefficient (Wildman–Crippen LogP) is 7.09. The lowest BCUT2D eigenvalue weighted by atomic mass is 9.97. The van der Waals surface area contributed by atoms with E-state index in [0.717, 1.165) is 22.4 Å². The Morgan fingerprint density at radius 3 is 1.30 bits per heavy atom. The summed E-state index contributed by atoms with van der Waals surface area (Å²) in [5.74, 6) is -0.279. The third-order valence-corrected chi connectivity index (χ3v) is 5.53. The van der Waals surface area contributed by atoms with Crippen LogP contribution in [-0.2, 0) is 38.8 Å². The van der Waals surface area contributed by atoms with E-state index >= 15 is 0 Å². The molecule has 0 aliphatic carbocycles. The number of esters is 1. The second-order valence-corrected chi connectivity index (χ2v) is 10.6. The summed E-state index contributed by atoms with van der Waals surface area (Å²) in [4.78, 5) is 36.2. The van der Waals surface area contributed by atoms with Crippen LogP contribution in [-0.4, -0.2) is 24.2 Å². The molecule has 3 rings (SSSR count). The van der Waals surface area contributed by atoms with E-state index in [2.05, 4.69) is 29.8 Å². The molecule has 0 aliphatic heterocycles. The van der Waals surface area contributed by atoms with Gasteiger partial charge < -0.3 is 19.5 Å². The minimum atomic E-state index is -0.606. The van der Waals surface area contributed by atoms with Crippen LogP contribution in [0.15, 0.2) is 72.8 Å². The summed E-state index contributed by atoms with van der Waals surface area (Å²) in [5.41, 5.74) is 4.00. The molecule has 0 heterocycles. The molecule has 9 nitrogen and oxygen atoms in total. The van der Waals surface area contributed by atoms with Gasteiger partial charge in [-0.2, -0.15) is 0 Å². The molecule has 212 valence electrons. The Morgan fingerprint density at radius 1 is 0.600 bits per heavy atom. The van der Waals surface area contributed by atoms with Gasteiger partial charge >= 0.3 is 18.2 Å². The Kier molecular flexibility index (Phi) is 10.5. The molecular formula is C31H37N3O6. The zero-order chi connectivity index (χ0) is 29.1. The molecule has 0 fully saturated rings. The van der Waals surface area contributed by atoms with Crippen molar-refractivity contribution < 1.29 is 28.6 Å². The van der Waals surface area contributed by atoms with Crippen LogP contribution in [0, 0.1) is 5.41 Å². The molecular weight excluding hydrogens is 510 g/mol. The van der Waals surface area contributed by atoms with E-state index in [1.165, 1.54) is 0 Å². The molecule has 0 saturated heterocycles. The van der Waals surface area contributed by atoms with Crippen LogP contribution in [0.25, 0.3) is 0 Å². The number of carbonyl (C=O) groups is 3. The van der Waals surface area contributed by atoms with Gasteiger partial charge in [-0.25, -0.2) is 9.59 Å². The normalized spacial score (nSPS) is 10.9. The van der Waals surface area contributed by atoms with Crippen LogP contribution in [0.4, 0.5) is 26.7 Å². The molecule has 3 N–H and O–H groups in total. The van der Waals surface area contributed by atoms with E-state index in [4.69, 9.17) is 14.2 Å². The summed E-state index contributed by atoms with van der Waals surface area (Å²) >= 11 is 0. The van der Waals surface area contributed by atoms with E-state index in [0.29, 0.717) is 17.4 Å². The van der Waals surface area contributed by atoms with E-state index in [1.54, 1.807) is 69.3 Å². The number of hydrogen-bond donors (Lipinski definition) is 3. The average Bonchev–Trinajstić information content (AvgIpc) is 2.91. The lowest BCUT2D eigenvalue weighted by molar-refractivity contribution is -0.154. The second-order valence-electron chi connectivity index (χ2n) is 10.6. The van der Waals surface area contributed by atoms with Crippen LogP contribution >= 0.6 is 0 Å². The molecule has 2 amide bonds. The third-order valence-electron chi connectivity index (χ3n) is 5.53. The summed E-state index contributed by atoms with van der Waals surface area (Å²) < 4.78 is 15.9. The van der Waals surface area contributed by atoms with Gasteiger partial charge in [0, 0.05) is 23.1 Å². The molecule has 0 atom stereocenters. The Bertz CT molecular complexity index is 1260. The summed E-state index contributed by atoms with van der Waals surface area (Å²) in [6.07, 6.45) is -1.17. The number of hydrogen-bond acceptors (Lipinski definition) is 7. The van der Waals surface area contributed by atoms with Gasteiger partial charge in [0.05, 0.1) is 5.41 Å². The van der Waals surface area contributed by atoms with Crippen molar-refractivity contribution >= 4 is 35.2 Å². The quantitative estimate of drug-likeness (QED) is 0.183. The molecule has 0 unspecified atom stereocenters. The van der Waals surface area contributed by atoms with Crippen molar-refractivity contribution in [2.75, 3.05) is 16.0 Å². The summed E-state index contributed by atoms with van der Waals surface area (Å²) in [7, 11) is 0. The number of anilines is 3. The first-order valence-electron chi connectivity index (χ1n) is 13.1. The number of amides is 2. The topological polar surface area (TPSA) is 115 Å². The van der Waals surface area contributed by atoms with Gasteiger partial charge in [0.15, 0.2) is 0 Å². The SMILES string of the molecule is CC(C)Nc1ccc(COC(=O)Nc2ccc(COC(=O)Nc3ccc(COC(=O)C(C)(C)C)cc3)cc2)cc1. The zero-order valence-electron chi connectivity index (χ0n) is 23.6. The van der Waals surface area contributed by atoms with Gasteiger partial charge in [0.2, 0.25) is 0 Å². The summed E-state index contributed by atoms with van der Waals surface area (Å²) in [6, 6.07) is 21.9. The van der Waals surface area contributed by atoms with Gasteiger partial charge in [0.1, 0.15) is 19.8 Å². The molecule has 0 bridgehead atoms. The number of rotatable bonds is 10. The minimum Gasteiger partial charge on any atom is -0.460 e. The van der Waals surface area contributed by atoms with Gasteiger partial charge in [-0.15, -0.1) is 0 Å². The van der Waals surface area contributed by atoms with Crippen molar-refractivity contribution in [2.45, 2.75) is 60.5 Å². The molecule has 0 radical (unpaired) electrons. The maximum absolute atomic E-state index is 12.2.